The SMILES string of the molecule is COCCC1(C)C[C@@H](O)c2ccc(OC)cc2O1. The van der Waals surface area contributed by atoms with Gasteiger partial charge < -0.3 is 19.3 Å². The highest BCUT2D eigenvalue weighted by atomic mass is 16.5. The van der Waals surface area contributed by atoms with E-state index in [4.69, 9.17) is 14.2 Å². The smallest absolute Gasteiger partial charge is 0.129 e. The number of aliphatic hydroxyl groups is 1. The van der Waals surface area contributed by atoms with Crippen molar-refractivity contribution in [1.82, 2.24) is 0 Å². The van der Waals surface area contributed by atoms with Crippen LogP contribution >= 0.6 is 0 Å². The van der Waals surface area contributed by atoms with E-state index in [1.807, 2.05) is 25.1 Å². The summed E-state index contributed by atoms with van der Waals surface area (Å²) in [7, 11) is 3.28. The molecule has 0 aliphatic carbocycles. The Balaban J connectivity index is 2.25. The van der Waals surface area contributed by atoms with E-state index in [2.05, 4.69) is 0 Å². The van der Waals surface area contributed by atoms with Gasteiger partial charge in [-0.2, -0.15) is 0 Å². The van der Waals surface area contributed by atoms with Crippen molar-refractivity contribution in [3.63, 3.8) is 0 Å². The minimum atomic E-state index is -0.499. The molecule has 0 fully saturated rings. The van der Waals surface area contributed by atoms with Gasteiger partial charge in [0.15, 0.2) is 0 Å². The van der Waals surface area contributed by atoms with Gasteiger partial charge in [-0.3, -0.25) is 0 Å². The average molecular weight is 252 g/mol. The Hall–Kier alpha value is -1.26. The van der Waals surface area contributed by atoms with Crippen LogP contribution in [0.3, 0.4) is 0 Å². The zero-order chi connectivity index (χ0) is 13.2. The van der Waals surface area contributed by atoms with Crippen molar-refractivity contribution in [2.45, 2.75) is 31.5 Å². The van der Waals surface area contributed by atoms with Crippen molar-refractivity contribution in [1.29, 1.82) is 0 Å². The lowest BCUT2D eigenvalue weighted by molar-refractivity contribution is -0.0203. The van der Waals surface area contributed by atoms with E-state index >= 15 is 0 Å². The van der Waals surface area contributed by atoms with Crippen LogP contribution in [0.4, 0.5) is 0 Å². The van der Waals surface area contributed by atoms with Crippen LogP contribution in [-0.2, 0) is 4.74 Å². The number of methoxy groups -OCH3 is 2. The van der Waals surface area contributed by atoms with Crippen LogP contribution in [0.25, 0.3) is 0 Å². The highest BCUT2D eigenvalue weighted by molar-refractivity contribution is 5.43. The molecule has 0 radical (unpaired) electrons. The van der Waals surface area contributed by atoms with E-state index in [-0.39, 0.29) is 0 Å². The van der Waals surface area contributed by atoms with E-state index < -0.39 is 11.7 Å². The summed E-state index contributed by atoms with van der Waals surface area (Å²) in [6.45, 7) is 2.61. The molecule has 1 aliphatic rings. The molecule has 1 aromatic carbocycles. The number of hydrogen-bond donors (Lipinski definition) is 1. The average Bonchev–Trinajstić information content (AvgIpc) is 2.35. The molecular formula is C14H20O4. The Morgan fingerprint density at radius 1 is 1.44 bits per heavy atom. The van der Waals surface area contributed by atoms with Crippen LogP contribution in [-0.4, -0.2) is 31.5 Å². The number of fused-ring (bicyclic) bond motifs is 1. The fourth-order valence-electron chi connectivity index (χ4n) is 2.30. The maximum absolute atomic E-state index is 10.2. The predicted octanol–water partition coefficient (Wildman–Crippen LogP) is 2.31. The largest absolute Gasteiger partial charge is 0.497 e. The normalized spacial score (nSPS) is 26.3. The van der Waals surface area contributed by atoms with Gasteiger partial charge in [0.1, 0.15) is 17.1 Å². The van der Waals surface area contributed by atoms with E-state index in [1.165, 1.54) is 0 Å². The van der Waals surface area contributed by atoms with Crippen molar-refractivity contribution >= 4 is 0 Å². The second kappa shape index (κ2) is 5.16. The number of rotatable bonds is 4. The van der Waals surface area contributed by atoms with E-state index in [0.29, 0.717) is 18.8 Å². The van der Waals surface area contributed by atoms with Gasteiger partial charge in [-0.25, -0.2) is 0 Å². The predicted molar refractivity (Wildman–Crippen MR) is 68.1 cm³/mol. The number of benzene rings is 1. The monoisotopic (exact) mass is 252 g/mol. The lowest BCUT2D eigenvalue weighted by Gasteiger charge is -2.38. The highest BCUT2D eigenvalue weighted by Gasteiger charge is 2.36. The summed E-state index contributed by atoms with van der Waals surface area (Å²) in [5, 5.41) is 10.2. The van der Waals surface area contributed by atoms with Gasteiger partial charge in [0.2, 0.25) is 0 Å². The zero-order valence-corrected chi connectivity index (χ0v) is 11.1. The summed E-state index contributed by atoms with van der Waals surface area (Å²) >= 11 is 0. The van der Waals surface area contributed by atoms with Crippen molar-refractivity contribution in [2.75, 3.05) is 20.8 Å². The minimum Gasteiger partial charge on any atom is -0.497 e. The van der Waals surface area contributed by atoms with Crippen molar-refractivity contribution in [2.24, 2.45) is 0 Å². The van der Waals surface area contributed by atoms with Crippen molar-refractivity contribution < 1.29 is 19.3 Å². The summed E-state index contributed by atoms with van der Waals surface area (Å²) < 4.78 is 16.3. The van der Waals surface area contributed by atoms with Crippen LogP contribution in [0.5, 0.6) is 11.5 Å². The molecule has 1 heterocycles. The Kier molecular flexibility index (Phi) is 3.78. The van der Waals surface area contributed by atoms with Crippen LogP contribution in [0.15, 0.2) is 18.2 Å². The second-order valence-electron chi connectivity index (χ2n) is 4.92. The Morgan fingerprint density at radius 2 is 2.22 bits per heavy atom. The Labute approximate surface area is 107 Å². The summed E-state index contributed by atoms with van der Waals surface area (Å²) in [4.78, 5) is 0. The lowest BCUT2D eigenvalue weighted by Crippen LogP contribution is -2.39. The molecule has 0 amide bonds. The van der Waals surface area contributed by atoms with E-state index in [0.717, 1.165) is 17.7 Å². The fraction of sp³-hybridized carbons (Fsp3) is 0.571. The van der Waals surface area contributed by atoms with Crippen LogP contribution in [0.1, 0.15) is 31.4 Å². The maximum atomic E-state index is 10.2. The minimum absolute atomic E-state index is 0.394. The Morgan fingerprint density at radius 3 is 2.89 bits per heavy atom. The summed E-state index contributed by atoms with van der Waals surface area (Å²) in [6, 6.07) is 5.51. The molecule has 100 valence electrons. The fourth-order valence-corrected chi connectivity index (χ4v) is 2.30. The summed E-state index contributed by atoms with van der Waals surface area (Å²) in [5.74, 6) is 1.43. The highest BCUT2D eigenvalue weighted by Crippen LogP contribution is 2.42. The van der Waals surface area contributed by atoms with Gasteiger partial charge in [0, 0.05) is 38.2 Å². The molecule has 0 bridgehead atoms. The van der Waals surface area contributed by atoms with Gasteiger partial charge in [0.05, 0.1) is 13.2 Å². The first-order valence-electron chi connectivity index (χ1n) is 6.12. The third-order valence-corrected chi connectivity index (χ3v) is 3.40. The molecule has 2 atom stereocenters. The molecule has 1 unspecified atom stereocenters. The zero-order valence-electron chi connectivity index (χ0n) is 11.1. The maximum Gasteiger partial charge on any atom is 0.129 e. The second-order valence-corrected chi connectivity index (χ2v) is 4.92. The van der Waals surface area contributed by atoms with Crippen LogP contribution < -0.4 is 9.47 Å². The summed E-state index contributed by atoms with van der Waals surface area (Å²) in [5.41, 5.74) is 0.431. The molecule has 0 aromatic heterocycles. The van der Waals surface area contributed by atoms with E-state index in [1.54, 1.807) is 14.2 Å². The molecule has 1 N–H and O–H groups in total. The van der Waals surface area contributed by atoms with Gasteiger partial charge in [0.25, 0.3) is 0 Å². The summed E-state index contributed by atoms with van der Waals surface area (Å²) in [6.07, 6.45) is 0.828. The first-order chi connectivity index (χ1) is 8.58. The topological polar surface area (TPSA) is 47.9 Å². The van der Waals surface area contributed by atoms with Gasteiger partial charge in [-0.1, -0.05) is 0 Å². The quantitative estimate of drug-likeness (QED) is 0.893. The van der Waals surface area contributed by atoms with Crippen molar-refractivity contribution in [3.05, 3.63) is 23.8 Å². The molecule has 4 nitrogen and oxygen atoms in total. The van der Waals surface area contributed by atoms with Gasteiger partial charge >= 0.3 is 0 Å². The molecule has 2 rings (SSSR count). The molecule has 18 heavy (non-hydrogen) atoms. The lowest BCUT2D eigenvalue weighted by atomic mass is 9.88. The molecule has 4 heteroatoms. The molecule has 0 spiro atoms. The Bertz CT molecular complexity index is 418. The third kappa shape index (κ3) is 2.60. The number of aliphatic hydroxyl groups excluding tert-OH is 1. The van der Waals surface area contributed by atoms with E-state index in [9.17, 15) is 5.11 Å². The van der Waals surface area contributed by atoms with Crippen LogP contribution in [0.2, 0.25) is 0 Å². The van der Waals surface area contributed by atoms with Gasteiger partial charge in [-0.05, 0) is 19.1 Å². The van der Waals surface area contributed by atoms with Gasteiger partial charge in [-0.15, -0.1) is 0 Å². The molecule has 0 saturated carbocycles. The molecule has 0 saturated heterocycles. The molecule has 1 aliphatic heterocycles. The number of ether oxygens (including phenoxy) is 3. The molecular weight excluding hydrogens is 232 g/mol. The third-order valence-electron chi connectivity index (χ3n) is 3.40. The molecule has 1 aromatic rings. The first-order valence-corrected chi connectivity index (χ1v) is 6.12. The van der Waals surface area contributed by atoms with Crippen LogP contribution in [0, 0.1) is 0 Å². The number of hydrogen-bond acceptors (Lipinski definition) is 4. The standard InChI is InChI=1S/C14H20O4/c1-14(6-7-16-2)9-12(15)11-5-4-10(17-3)8-13(11)18-14/h4-5,8,12,15H,6-7,9H2,1-3H3/t12-,14?/m1/s1. The van der Waals surface area contributed by atoms with Crippen molar-refractivity contribution in [3.8, 4) is 11.5 Å². The first kappa shape index (κ1) is 13.2.